The molecule has 0 aromatic carbocycles. The number of carboxylic acids is 2. The zero-order valence-electron chi connectivity index (χ0n) is 7.77. The summed E-state index contributed by atoms with van der Waals surface area (Å²) in [4.78, 5) is 22.1. The van der Waals surface area contributed by atoms with Gasteiger partial charge in [0.15, 0.2) is 0 Å². The Morgan fingerprint density at radius 3 is 2.43 bits per heavy atom. The van der Waals surface area contributed by atoms with Crippen molar-refractivity contribution in [1.82, 2.24) is 0 Å². The van der Waals surface area contributed by atoms with Gasteiger partial charge in [0.1, 0.15) is 11.3 Å². The minimum atomic E-state index is -1.26. The molecule has 0 saturated carbocycles. The number of fused-ring (bicyclic) bond motifs is 2. The van der Waals surface area contributed by atoms with Gasteiger partial charge in [-0.05, 0) is 19.8 Å². The molecule has 2 saturated heterocycles. The normalized spacial score (nSPS) is 45.4. The Morgan fingerprint density at radius 2 is 2.00 bits per heavy atom. The van der Waals surface area contributed by atoms with Crippen LogP contribution >= 0.6 is 0 Å². The molecule has 0 amide bonds. The Balaban J connectivity index is 2.39. The van der Waals surface area contributed by atoms with Crippen molar-refractivity contribution < 1.29 is 24.5 Å². The molecular weight excluding hydrogens is 188 g/mol. The van der Waals surface area contributed by atoms with E-state index in [1.165, 1.54) is 6.92 Å². The van der Waals surface area contributed by atoms with Gasteiger partial charge in [-0.2, -0.15) is 0 Å². The summed E-state index contributed by atoms with van der Waals surface area (Å²) in [5, 5.41) is 18.0. The fraction of sp³-hybridized carbons (Fsp3) is 0.778. The highest BCUT2D eigenvalue weighted by molar-refractivity contribution is 5.85. The smallest absolute Gasteiger partial charge is 0.312 e. The number of carboxylic acid groups (broad SMARTS) is 2. The highest BCUT2D eigenvalue weighted by atomic mass is 16.5. The van der Waals surface area contributed by atoms with Crippen LogP contribution in [0.15, 0.2) is 0 Å². The monoisotopic (exact) mass is 200 g/mol. The van der Waals surface area contributed by atoms with Gasteiger partial charge in [0.2, 0.25) is 0 Å². The lowest BCUT2D eigenvalue weighted by atomic mass is 9.67. The highest BCUT2D eigenvalue weighted by Gasteiger charge is 2.64. The Bertz CT molecular complexity index is 300. The van der Waals surface area contributed by atoms with Crippen molar-refractivity contribution in [3.63, 3.8) is 0 Å². The lowest BCUT2D eigenvalue weighted by Crippen LogP contribution is -2.47. The van der Waals surface area contributed by atoms with Crippen molar-refractivity contribution in [2.45, 2.75) is 32.0 Å². The van der Waals surface area contributed by atoms with Crippen LogP contribution < -0.4 is 0 Å². The number of ether oxygens (including phenoxy) is 1. The fourth-order valence-corrected chi connectivity index (χ4v) is 2.62. The van der Waals surface area contributed by atoms with Gasteiger partial charge in [-0.1, -0.05) is 0 Å². The largest absolute Gasteiger partial charge is 0.481 e. The van der Waals surface area contributed by atoms with Gasteiger partial charge in [-0.25, -0.2) is 0 Å². The third-order valence-electron chi connectivity index (χ3n) is 3.47. The van der Waals surface area contributed by atoms with Crippen molar-refractivity contribution >= 4 is 11.9 Å². The fourth-order valence-electron chi connectivity index (χ4n) is 2.62. The minimum absolute atomic E-state index is 0.418. The third kappa shape index (κ3) is 0.930. The predicted molar refractivity (Wildman–Crippen MR) is 44.8 cm³/mol. The van der Waals surface area contributed by atoms with Crippen LogP contribution in [0.5, 0.6) is 0 Å². The lowest BCUT2D eigenvalue weighted by Gasteiger charge is -2.31. The number of hydrogen-bond donors (Lipinski definition) is 2. The van der Waals surface area contributed by atoms with Crippen molar-refractivity contribution in [2.24, 2.45) is 11.3 Å². The molecule has 2 rings (SSSR count). The predicted octanol–water partition coefficient (Wildman–Crippen LogP) is 0.339. The minimum Gasteiger partial charge on any atom is -0.481 e. The van der Waals surface area contributed by atoms with Crippen LogP contribution in [0.25, 0.3) is 0 Å². The van der Waals surface area contributed by atoms with Gasteiger partial charge in [-0.15, -0.1) is 0 Å². The number of rotatable bonds is 2. The Kier molecular flexibility index (Phi) is 1.82. The molecule has 2 N–H and O–H groups in total. The van der Waals surface area contributed by atoms with Gasteiger partial charge < -0.3 is 14.9 Å². The van der Waals surface area contributed by atoms with Crippen LogP contribution in [0.4, 0.5) is 0 Å². The second-order valence-electron chi connectivity index (χ2n) is 4.14. The van der Waals surface area contributed by atoms with E-state index >= 15 is 0 Å². The molecule has 0 aromatic heterocycles. The molecule has 0 radical (unpaired) electrons. The van der Waals surface area contributed by atoms with Crippen molar-refractivity contribution in [2.75, 3.05) is 0 Å². The highest BCUT2D eigenvalue weighted by Crippen LogP contribution is 2.51. The van der Waals surface area contributed by atoms with Crippen molar-refractivity contribution in [3.05, 3.63) is 0 Å². The van der Waals surface area contributed by atoms with E-state index in [1.54, 1.807) is 0 Å². The quantitative estimate of drug-likeness (QED) is 0.671. The summed E-state index contributed by atoms with van der Waals surface area (Å²) in [6.07, 6.45) is 0.451. The zero-order valence-corrected chi connectivity index (χ0v) is 7.77. The molecule has 2 aliphatic heterocycles. The van der Waals surface area contributed by atoms with E-state index in [0.29, 0.717) is 12.8 Å². The maximum absolute atomic E-state index is 11.1. The first kappa shape index (κ1) is 9.45. The molecular formula is C9H12O5. The number of hydrogen-bond acceptors (Lipinski definition) is 3. The van der Waals surface area contributed by atoms with E-state index in [4.69, 9.17) is 14.9 Å². The van der Waals surface area contributed by atoms with E-state index < -0.39 is 35.5 Å². The van der Waals surface area contributed by atoms with E-state index in [0.717, 1.165) is 0 Å². The summed E-state index contributed by atoms with van der Waals surface area (Å²) >= 11 is 0. The van der Waals surface area contributed by atoms with Gasteiger partial charge in [0.25, 0.3) is 0 Å². The maximum atomic E-state index is 11.1. The van der Waals surface area contributed by atoms with E-state index in [-0.39, 0.29) is 0 Å². The Hall–Kier alpha value is -1.10. The zero-order chi connectivity index (χ0) is 10.5. The molecule has 0 aromatic rings. The number of aliphatic carboxylic acids is 2. The first-order chi connectivity index (χ1) is 6.48. The van der Waals surface area contributed by atoms with Crippen molar-refractivity contribution in [1.29, 1.82) is 0 Å². The molecule has 2 aliphatic rings. The summed E-state index contributed by atoms with van der Waals surface area (Å²) in [5.74, 6) is -3.04. The molecule has 0 aliphatic carbocycles. The molecule has 2 fully saturated rings. The van der Waals surface area contributed by atoms with Gasteiger partial charge in [0.05, 0.1) is 12.2 Å². The third-order valence-corrected chi connectivity index (χ3v) is 3.47. The van der Waals surface area contributed by atoms with Crippen LogP contribution in [0.1, 0.15) is 19.8 Å². The SMILES string of the molecule is C[C@@]1(C(=O)O)[C@H]2CC[C@H](O2)[C@@H]1C(=O)O. The number of carbonyl (C=O) groups is 2. The van der Waals surface area contributed by atoms with Crippen LogP contribution in [-0.4, -0.2) is 34.4 Å². The van der Waals surface area contributed by atoms with E-state index in [9.17, 15) is 9.59 Å². The molecule has 4 atom stereocenters. The molecule has 0 spiro atoms. The Morgan fingerprint density at radius 1 is 1.36 bits per heavy atom. The molecule has 0 unspecified atom stereocenters. The molecule has 5 heteroatoms. The second kappa shape index (κ2) is 2.70. The summed E-state index contributed by atoms with van der Waals surface area (Å²) in [6, 6.07) is 0. The van der Waals surface area contributed by atoms with E-state index in [2.05, 4.69) is 0 Å². The second-order valence-corrected chi connectivity index (χ2v) is 4.14. The molecule has 2 bridgehead atoms. The van der Waals surface area contributed by atoms with Gasteiger partial charge >= 0.3 is 11.9 Å². The average Bonchev–Trinajstić information content (AvgIpc) is 2.61. The van der Waals surface area contributed by atoms with Crippen molar-refractivity contribution in [3.8, 4) is 0 Å². The molecule has 14 heavy (non-hydrogen) atoms. The van der Waals surface area contributed by atoms with Crippen LogP contribution in [0.3, 0.4) is 0 Å². The molecule has 78 valence electrons. The topological polar surface area (TPSA) is 83.8 Å². The van der Waals surface area contributed by atoms with Crippen LogP contribution in [0, 0.1) is 11.3 Å². The molecule has 2 heterocycles. The van der Waals surface area contributed by atoms with E-state index in [1.807, 2.05) is 0 Å². The summed E-state index contributed by atoms with van der Waals surface area (Å²) < 4.78 is 5.36. The summed E-state index contributed by atoms with van der Waals surface area (Å²) in [5.41, 5.74) is -1.26. The van der Waals surface area contributed by atoms with Gasteiger partial charge in [0, 0.05) is 0 Å². The van der Waals surface area contributed by atoms with Gasteiger partial charge in [-0.3, -0.25) is 9.59 Å². The molecule has 5 nitrogen and oxygen atoms in total. The average molecular weight is 200 g/mol. The lowest BCUT2D eigenvalue weighted by molar-refractivity contribution is -0.162. The first-order valence-corrected chi connectivity index (χ1v) is 4.59. The summed E-state index contributed by atoms with van der Waals surface area (Å²) in [7, 11) is 0. The summed E-state index contributed by atoms with van der Waals surface area (Å²) in [6.45, 7) is 1.47. The Labute approximate surface area is 80.7 Å². The standard InChI is InChI=1S/C9H12O5/c1-9(8(12)13)5-3-2-4(14-5)6(9)7(10)11/h4-6H,2-3H2,1H3,(H,10,11)(H,12,13)/t4-,5+,6+,9+/m0/s1. The first-order valence-electron chi connectivity index (χ1n) is 4.59. The van der Waals surface area contributed by atoms with Crippen LogP contribution in [-0.2, 0) is 14.3 Å². The van der Waals surface area contributed by atoms with Crippen LogP contribution in [0.2, 0.25) is 0 Å². The maximum Gasteiger partial charge on any atom is 0.312 e.